The van der Waals surface area contributed by atoms with E-state index in [2.05, 4.69) is 10.6 Å². The second-order valence-corrected chi connectivity index (χ2v) is 4.26. The summed E-state index contributed by atoms with van der Waals surface area (Å²) in [5.74, 6) is 0.757. The van der Waals surface area contributed by atoms with Crippen molar-refractivity contribution in [3.63, 3.8) is 0 Å². The van der Waals surface area contributed by atoms with Gasteiger partial charge in [0.25, 0.3) is 0 Å². The van der Waals surface area contributed by atoms with E-state index in [4.69, 9.17) is 9.47 Å². The van der Waals surface area contributed by atoms with Gasteiger partial charge in [-0.2, -0.15) is 0 Å². The Morgan fingerprint density at radius 1 is 1.32 bits per heavy atom. The molecule has 0 aliphatic heterocycles. The number of carbonyl (C=O) groups excluding carboxylic acids is 1. The van der Waals surface area contributed by atoms with E-state index in [1.54, 1.807) is 14.2 Å². The Kier molecular flexibility index (Phi) is 6.92. The van der Waals surface area contributed by atoms with Crippen LogP contribution in [0.2, 0.25) is 0 Å². The number of amides is 1. The SMILES string of the molecule is CNCC(=O)NCc1ccc(C)cc1OCCOC. The quantitative estimate of drug-likeness (QED) is 0.685. The predicted molar refractivity (Wildman–Crippen MR) is 74.3 cm³/mol. The van der Waals surface area contributed by atoms with E-state index < -0.39 is 0 Å². The molecule has 0 radical (unpaired) electrons. The van der Waals surface area contributed by atoms with Crippen molar-refractivity contribution in [2.24, 2.45) is 0 Å². The van der Waals surface area contributed by atoms with Crippen LogP contribution in [0.1, 0.15) is 11.1 Å². The number of hydrogen-bond donors (Lipinski definition) is 2. The van der Waals surface area contributed by atoms with Gasteiger partial charge in [-0.15, -0.1) is 0 Å². The molecule has 106 valence electrons. The molecule has 0 aliphatic carbocycles. The van der Waals surface area contributed by atoms with Crippen molar-refractivity contribution < 1.29 is 14.3 Å². The van der Waals surface area contributed by atoms with Gasteiger partial charge in [-0.3, -0.25) is 4.79 Å². The van der Waals surface area contributed by atoms with Crippen molar-refractivity contribution in [2.45, 2.75) is 13.5 Å². The first-order valence-electron chi connectivity index (χ1n) is 6.30. The van der Waals surface area contributed by atoms with Gasteiger partial charge in [0.15, 0.2) is 0 Å². The highest BCUT2D eigenvalue weighted by molar-refractivity contribution is 5.78. The molecule has 1 aromatic rings. The first-order chi connectivity index (χ1) is 9.17. The van der Waals surface area contributed by atoms with Gasteiger partial charge in [0.05, 0.1) is 13.2 Å². The van der Waals surface area contributed by atoms with Crippen molar-refractivity contribution in [2.75, 3.05) is 33.9 Å². The smallest absolute Gasteiger partial charge is 0.234 e. The first-order valence-corrected chi connectivity index (χ1v) is 6.30. The number of likely N-dealkylation sites (N-methyl/N-ethyl adjacent to an activating group) is 1. The van der Waals surface area contributed by atoms with Gasteiger partial charge in [0.1, 0.15) is 12.4 Å². The summed E-state index contributed by atoms with van der Waals surface area (Å²) >= 11 is 0. The lowest BCUT2D eigenvalue weighted by Crippen LogP contribution is -2.31. The summed E-state index contributed by atoms with van der Waals surface area (Å²) in [7, 11) is 3.38. The predicted octanol–water partition coefficient (Wildman–Crippen LogP) is 0.856. The standard InChI is InChI=1S/C14H22N2O3/c1-11-4-5-12(9-16-14(17)10-15-2)13(8-11)19-7-6-18-3/h4-5,8,15H,6-7,9-10H2,1-3H3,(H,16,17). The van der Waals surface area contributed by atoms with Crippen molar-refractivity contribution in [1.29, 1.82) is 0 Å². The summed E-state index contributed by atoms with van der Waals surface area (Å²) in [6, 6.07) is 5.94. The van der Waals surface area contributed by atoms with Crippen molar-refractivity contribution in [3.05, 3.63) is 29.3 Å². The maximum atomic E-state index is 11.4. The summed E-state index contributed by atoms with van der Waals surface area (Å²) < 4.78 is 10.6. The molecule has 0 aromatic heterocycles. The van der Waals surface area contributed by atoms with Gasteiger partial charge < -0.3 is 20.1 Å². The third-order valence-electron chi connectivity index (χ3n) is 2.58. The molecule has 0 saturated heterocycles. The molecule has 0 unspecified atom stereocenters. The molecule has 5 heteroatoms. The number of methoxy groups -OCH3 is 1. The van der Waals surface area contributed by atoms with Gasteiger partial charge in [0.2, 0.25) is 5.91 Å². The van der Waals surface area contributed by atoms with Crippen LogP contribution in [0.5, 0.6) is 5.75 Å². The second kappa shape index (κ2) is 8.50. The summed E-state index contributed by atoms with van der Waals surface area (Å²) in [6.07, 6.45) is 0. The molecule has 1 rings (SSSR count). The van der Waals surface area contributed by atoms with Crippen LogP contribution in [0.15, 0.2) is 18.2 Å². The molecule has 19 heavy (non-hydrogen) atoms. The molecule has 1 aromatic carbocycles. The molecule has 0 aliphatic rings. The number of ether oxygens (including phenoxy) is 2. The Hall–Kier alpha value is -1.59. The summed E-state index contributed by atoms with van der Waals surface area (Å²) in [5, 5.41) is 5.65. The van der Waals surface area contributed by atoms with Crippen LogP contribution in [0.3, 0.4) is 0 Å². The lowest BCUT2D eigenvalue weighted by molar-refractivity contribution is -0.120. The van der Waals surface area contributed by atoms with Crippen LogP contribution < -0.4 is 15.4 Å². The highest BCUT2D eigenvalue weighted by Crippen LogP contribution is 2.20. The number of hydrogen-bond acceptors (Lipinski definition) is 4. The van der Waals surface area contributed by atoms with Gasteiger partial charge in [-0.05, 0) is 25.6 Å². The third-order valence-corrected chi connectivity index (χ3v) is 2.58. The molecule has 0 atom stereocenters. The van der Waals surface area contributed by atoms with E-state index in [0.29, 0.717) is 26.3 Å². The Morgan fingerprint density at radius 2 is 2.11 bits per heavy atom. The van der Waals surface area contributed by atoms with E-state index in [0.717, 1.165) is 16.9 Å². The molecule has 0 heterocycles. The van der Waals surface area contributed by atoms with Crippen LogP contribution in [-0.2, 0) is 16.1 Å². The average Bonchev–Trinajstić information content (AvgIpc) is 2.38. The van der Waals surface area contributed by atoms with Gasteiger partial charge >= 0.3 is 0 Å². The van der Waals surface area contributed by atoms with Crippen LogP contribution in [-0.4, -0.2) is 39.8 Å². The average molecular weight is 266 g/mol. The summed E-state index contributed by atoms with van der Waals surface area (Å²) in [6.45, 7) is 3.82. The van der Waals surface area contributed by atoms with E-state index >= 15 is 0 Å². The van der Waals surface area contributed by atoms with Crippen molar-refractivity contribution in [1.82, 2.24) is 10.6 Å². The Labute approximate surface area is 114 Å². The van der Waals surface area contributed by atoms with Crippen molar-refractivity contribution >= 4 is 5.91 Å². The number of nitrogens with one attached hydrogen (secondary N) is 2. The Morgan fingerprint density at radius 3 is 2.79 bits per heavy atom. The minimum absolute atomic E-state index is 0.0362. The van der Waals surface area contributed by atoms with E-state index in [-0.39, 0.29) is 5.91 Å². The van der Waals surface area contributed by atoms with Crippen LogP contribution in [0.4, 0.5) is 0 Å². The van der Waals surface area contributed by atoms with Crippen LogP contribution in [0, 0.1) is 6.92 Å². The van der Waals surface area contributed by atoms with Crippen LogP contribution >= 0.6 is 0 Å². The van der Waals surface area contributed by atoms with E-state index in [1.807, 2.05) is 25.1 Å². The molecule has 5 nitrogen and oxygen atoms in total. The normalized spacial score (nSPS) is 10.3. The molecule has 0 saturated carbocycles. The number of aryl methyl sites for hydroxylation is 1. The van der Waals surface area contributed by atoms with Gasteiger partial charge in [0, 0.05) is 19.2 Å². The molecule has 2 N–H and O–H groups in total. The van der Waals surface area contributed by atoms with Crippen LogP contribution in [0.25, 0.3) is 0 Å². The zero-order valence-electron chi connectivity index (χ0n) is 11.8. The molecule has 0 fully saturated rings. The highest BCUT2D eigenvalue weighted by atomic mass is 16.5. The number of carbonyl (C=O) groups is 1. The minimum Gasteiger partial charge on any atom is -0.491 e. The third kappa shape index (κ3) is 5.72. The first kappa shape index (κ1) is 15.5. The molecular weight excluding hydrogens is 244 g/mol. The highest BCUT2D eigenvalue weighted by Gasteiger charge is 2.06. The largest absolute Gasteiger partial charge is 0.491 e. The molecular formula is C14H22N2O3. The maximum absolute atomic E-state index is 11.4. The fraction of sp³-hybridized carbons (Fsp3) is 0.500. The van der Waals surface area contributed by atoms with Crippen molar-refractivity contribution in [3.8, 4) is 5.75 Å². The zero-order valence-corrected chi connectivity index (χ0v) is 11.8. The fourth-order valence-electron chi connectivity index (χ4n) is 1.59. The Balaban J connectivity index is 2.62. The lowest BCUT2D eigenvalue weighted by Gasteiger charge is -2.13. The molecule has 1 amide bonds. The van der Waals surface area contributed by atoms with Gasteiger partial charge in [-0.25, -0.2) is 0 Å². The Bertz CT molecular complexity index is 408. The van der Waals surface area contributed by atoms with E-state index in [1.165, 1.54) is 0 Å². The molecule has 0 spiro atoms. The summed E-state index contributed by atoms with van der Waals surface area (Å²) in [5.41, 5.74) is 2.09. The second-order valence-electron chi connectivity index (χ2n) is 4.26. The fourth-order valence-corrected chi connectivity index (χ4v) is 1.59. The topological polar surface area (TPSA) is 59.6 Å². The lowest BCUT2D eigenvalue weighted by atomic mass is 10.1. The number of rotatable bonds is 8. The van der Waals surface area contributed by atoms with E-state index in [9.17, 15) is 4.79 Å². The maximum Gasteiger partial charge on any atom is 0.234 e. The minimum atomic E-state index is -0.0362. The number of benzene rings is 1. The van der Waals surface area contributed by atoms with Gasteiger partial charge in [-0.1, -0.05) is 12.1 Å². The molecule has 0 bridgehead atoms. The monoisotopic (exact) mass is 266 g/mol. The summed E-state index contributed by atoms with van der Waals surface area (Å²) in [4.78, 5) is 11.4. The zero-order chi connectivity index (χ0) is 14.1.